The van der Waals surface area contributed by atoms with Gasteiger partial charge in [-0.05, 0) is 25.0 Å². The molecule has 1 fully saturated rings. The molecule has 1 saturated carbocycles. The summed E-state index contributed by atoms with van der Waals surface area (Å²) < 4.78 is 1.98. The highest BCUT2D eigenvalue weighted by Gasteiger charge is 2.23. The minimum Gasteiger partial charge on any atom is -0.348 e. The molecule has 1 amide bonds. The van der Waals surface area contributed by atoms with Crippen molar-refractivity contribution in [1.82, 2.24) is 19.7 Å². The van der Waals surface area contributed by atoms with Crippen molar-refractivity contribution >= 4 is 22.2 Å². The van der Waals surface area contributed by atoms with Gasteiger partial charge in [0, 0.05) is 35.6 Å². The van der Waals surface area contributed by atoms with Gasteiger partial charge in [0.1, 0.15) is 0 Å². The molecule has 3 aromatic heterocycles. The lowest BCUT2D eigenvalue weighted by molar-refractivity contribution is 0.0924. The number of amides is 1. The maximum atomic E-state index is 12.8. The van der Waals surface area contributed by atoms with Gasteiger partial charge in [0.25, 0.3) is 5.91 Å². The molecular formula is C17H18N4OS. The van der Waals surface area contributed by atoms with Crippen molar-refractivity contribution in [2.45, 2.75) is 38.1 Å². The van der Waals surface area contributed by atoms with Gasteiger partial charge in [-0.2, -0.15) is 0 Å². The second kappa shape index (κ2) is 6.12. The van der Waals surface area contributed by atoms with Crippen molar-refractivity contribution in [3.05, 3.63) is 41.8 Å². The summed E-state index contributed by atoms with van der Waals surface area (Å²) in [6.45, 7) is 0. The molecule has 0 aromatic carbocycles. The Labute approximate surface area is 138 Å². The van der Waals surface area contributed by atoms with Crippen LogP contribution in [0.2, 0.25) is 0 Å². The normalized spacial score (nSPS) is 15.8. The van der Waals surface area contributed by atoms with Crippen LogP contribution in [-0.2, 0) is 0 Å². The van der Waals surface area contributed by atoms with Gasteiger partial charge in [-0.15, -0.1) is 11.3 Å². The van der Waals surface area contributed by atoms with E-state index < -0.39 is 0 Å². The highest BCUT2D eigenvalue weighted by atomic mass is 32.1. The number of carbonyl (C=O) groups excluding carboxylic acids is 1. The maximum absolute atomic E-state index is 12.8. The molecule has 118 valence electrons. The number of thiazole rings is 1. The quantitative estimate of drug-likeness (QED) is 0.801. The third kappa shape index (κ3) is 2.74. The fourth-order valence-electron chi connectivity index (χ4n) is 3.23. The van der Waals surface area contributed by atoms with Crippen LogP contribution < -0.4 is 5.32 Å². The number of nitrogens with one attached hydrogen (secondary N) is 1. The summed E-state index contributed by atoms with van der Waals surface area (Å²) >= 11 is 1.54. The van der Waals surface area contributed by atoms with Gasteiger partial charge in [0.15, 0.2) is 10.7 Å². The molecule has 1 N–H and O–H groups in total. The second-order valence-corrected chi connectivity index (χ2v) is 6.78. The Morgan fingerprint density at radius 2 is 2.00 bits per heavy atom. The molecule has 0 radical (unpaired) electrons. The van der Waals surface area contributed by atoms with Crippen molar-refractivity contribution in [1.29, 1.82) is 0 Å². The highest BCUT2D eigenvalue weighted by Crippen LogP contribution is 2.27. The Hall–Kier alpha value is -2.21. The highest BCUT2D eigenvalue weighted by molar-refractivity contribution is 7.15. The third-order valence-electron chi connectivity index (χ3n) is 4.37. The van der Waals surface area contributed by atoms with Gasteiger partial charge in [-0.3, -0.25) is 14.2 Å². The Morgan fingerprint density at radius 3 is 2.78 bits per heavy atom. The van der Waals surface area contributed by atoms with Crippen LogP contribution in [0.4, 0.5) is 0 Å². The lowest BCUT2D eigenvalue weighted by Crippen LogP contribution is -2.36. The minimum atomic E-state index is -0.0698. The van der Waals surface area contributed by atoms with Crippen molar-refractivity contribution in [2.24, 2.45) is 0 Å². The second-order valence-electron chi connectivity index (χ2n) is 5.91. The van der Waals surface area contributed by atoms with E-state index in [1.807, 2.05) is 28.1 Å². The number of rotatable bonds is 3. The first-order valence-corrected chi connectivity index (χ1v) is 8.88. The van der Waals surface area contributed by atoms with E-state index >= 15 is 0 Å². The van der Waals surface area contributed by atoms with E-state index in [9.17, 15) is 4.79 Å². The van der Waals surface area contributed by atoms with Crippen molar-refractivity contribution in [3.8, 4) is 11.3 Å². The summed E-state index contributed by atoms with van der Waals surface area (Å²) in [4.78, 5) is 22.2. The minimum absolute atomic E-state index is 0.0698. The van der Waals surface area contributed by atoms with Gasteiger partial charge in [-0.25, -0.2) is 4.98 Å². The Morgan fingerprint density at radius 1 is 1.22 bits per heavy atom. The number of fused-ring (bicyclic) bond motifs is 1. The van der Waals surface area contributed by atoms with Crippen LogP contribution in [0.1, 0.15) is 42.6 Å². The lowest BCUT2D eigenvalue weighted by atomic mass is 9.95. The molecular weight excluding hydrogens is 308 g/mol. The Kier molecular flexibility index (Phi) is 3.83. The summed E-state index contributed by atoms with van der Waals surface area (Å²) in [7, 11) is 0. The predicted molar refractivity (Wildman–Crippen MR) is 90.6 cm³/mol. The molecule has 0 bridgehead atoms. The lowest BCUT2D eigenvalue weighted by Gasteiger charge is -2.22. The average Bonchev–Trinajstić information content (AvgIpc) is 3.17. The average molecular weight is 326 g/mol. The molecule has 4 rings (SSSR count). The summed E-state index contributed by atoms with van der Waals surface area (Å²) in [5.41, 5.74) is 2.31. The molecule has 3 heterocycles. The molecule has 3 aromatic rings. The van der Waals surface area contributed by atoms with Crippen molar-refractivity contribution in [3.63, 3.8) is 0 Å². The SMILES string of the molecule is O=C(NC1CCCCC1)c1nc2sccn2c1-c1ccncc1. The predicted octanol–water partition coefficient (Wildman–Crippen LogP) is 3.52. The van der Waals surface area contributed by atoms with Crippen LogP contribution in [0.3, 0.4) is 0 Å². The summed E-state index contributed by atoms with van der Waals surface area (Å²) in [5, 5.41) is 5.15. The molecule has 0 unspecified atom stereocenters. The van der Waals surface area contributed by atoms with Gasteiger partial charge in [0.2, 0.25) is 0 Å². The van der Waals surface area contributed by atoms with E-state index in [0.29, 0.717) is 5.69 Å². The molecule has 0 saturated heterocycles. The van der Waals surface area contributed by atoms with Crippen LogP contribution >= 0.6 is 11.3 Å². The molecule has 1 aliphatic rings. The monoisotopic (exact) mass is 326 g/mol. The van der Waals surface area contributed by atoms with E-state index in [1.54, 1.807) is 12.4 Å². The third-order valence-corrected chi connectivity index (χ3v) is 5.13. The van der Waals surface area contributed by atoms with Gasteiger partial charge < -0.3 is 5.32 Å². The first-order chi connectivity index (χ1) is 11.3. The van der Waals surface area contributed by atoms with Crippen LogP contribution in [0.5, 0.6) is 0 Å². The number of imidazole rings is 1. The van der Waals surface area contributed by atoms with E-state index in [0.717, 1.165) is 29.1 Å². The topological polar surface area (TPSA) is 59.3 Å². The number of nitrogens with zero attached hydrogens (tertiary/aromatic N) is 3. The number of hydrogen-bond donors (Lipinski definition) is 1. The number of pyridine rings is 1. The van der Waals surface area contributed by atoms with Gasteiger partial charge in [-0.1, -0.05) is 19.3 Å². The van der Waals surface area contributed by atoms with E-state index in [1.165, 1.54) is 30.6 Å². The van der Waals surface area contributed by atoms with E-state index in [4.69, 9.17) is 0 Å². The van der Waals surface area contributed by atoms with Crippen molar-refractivity contribution in [2.75, 3.05) is 0 Å². The zero-order valence-electron chi connectivity index (χ0n) is 12.7. The van der Waals surface area contributed by atoms with Gasteiger partial charge >= 0.3 is 0 Å². The first-order valence-electron chi connectivity index (χ1n) is 8.00. The smallest absolute Gasteiger partial charge is 0.272 e. The van der Waals surface area contributed by atoms with Crippen LogP contribution in [0.15, 0.2) is 36.1 Å². The summed E-state index contributed by atoms with van der Waals surface area (Å²) in [6.07, 6.45) is 11.2. The fraction of sp³-hybridized carbons (Fsp3) is 0.353. The van der Waals surface area contributed by atoms with E-state index in [2.05, 4.69) is 15.3 Å². The van der Waals surface area contributed by atoms with Crippen LogP contribution in [-0.4, -0.2) is 26.3 Å². The van der Waals surface area contributed by atoms with Crippen LogP contribution in [0.25, 0.3) is 16.2 Å². The first kappa shape index (κ1) is 14.4. The molecule has 6 heteroatoms. The maximum Gasteiger partial charge on any atom is 0.272 e. The molecule has 0 aliphatic heterocycles. The fourth-order valence-corrected chi connectivity index (χ4v) is 3.94. The summed E-state index contributed by atoms with van der Waals surface area (Å²) in [6, 6.07) is 4.11. The number of aromatic nitrogens is 3. The molecule has 5 nitrogen and oxygen atoms in total. The standard InChI is InChI=1S/C17H18N4OS/c22-16(19-13-4-2-1-3-5-13)14-15(12-6-8-18-9-7-12)21-10-11-23-17(21)20-14/h6-11,13H,1-5H2,(H,19,22). The van der Waals surface area contributed by atoms with Crippen LogP contribution in [0, 0.1) is 0 Å². The van der Waals surface area contributed by atoms with Gasteiger partial charge in [0.05, 0.1) is 5.69 Å². The zero-order valence-corrected chi connectivity index (χ0v) is 13.6. The molecule has 23 heavy (non-hydrogen) atoms. The number of hydrogen-bond acceptors (Lipinski definition) is 4. The number of carbonyl (C=O) groups is 1. The zero-order chi connectivity index (χ0) is 15.6. The Bertz CT molecular complexity index is 818. The Balaban J connectivity index is 1.71. The largest absolute Gasteiger partial charge is 0.348 e. The molecule has 1 aliphatic carbocycles. The molecule has 0 spiro atoms. The molecule has 0 atom stereocenters. The van der Waals surface area contributed by atoms with Crippen molar-refractivity contribution < 1.29 is 4.79 Å². The summed E-state index contributed by atoms with van der Waals surface area (Å²) in [5.74, 6) is -0.0698. The van der Waals surface area contributed by atoms with E-state index in [-0.39, 0.29) is 11.9 Å².